The lowest BCUT2D eigenvalue weighted by molar-refractivity contribution is -0.118. The van der Waals surface area contributed by atoms with Gasteiger partial charge in [0.1, 0.15) is 17.2 Å². The van der Waals surface area contributed by atoms with E-state index in [1.54, 1.807) is 67.8 Å². The zero-order valence-electron chi connectivity index (χ0n) is 18.4. The number of aliphatic imine (C=N–C) groups is 1. The number of nitrogens with zero attached hydrogens (tertiary/aromatic N) is 1. The highest BCUT2D eigenvalue weighted by atomic mass is 35.5. The topological polar surface area (TPSA) is 109 Å². The maximum Gasteiger partial charge on any atom is 0.264 e. The third kappa shape index (κ3) is 6.56. The molecule has 4 rings (SSSR count). The lowest BCUT2D eigenvalue weighted by Gasteiger charge is -2.11. The molecule has 1 fully saturated rings. The minimum absolute atomic E-state index is 0.129. The SMILES string of the molecule is COc1ccc(NC(=O)COc2ccc(Cl)cc2/C=C2\SC(=Nc3ccc(O)cc3)NC2=O)cc1. The summed E-state index contributed by atoms with van der Waals surface area (Å²) in [5.41, 5.74) is 1.73. The smallest absolute Gasteiger partial charge is 0.264 e. The van der Waals surface area contributed by atoms with Crippen molar-refractivity contribution in [2.24, 2.45) is 4.99 Å². The minimum atomic E-state index is -0.347. The number of halogens is 1. The average molecular weight is 510 g/mol. The van der Waals surface area contributed by atoms with Gasteiger partial charge in [0.05, 0.1) is 17.7 Å². The number of carbonyl (C=O) groups excluding carboxylic acids is 2. The van der Waals surface area contributed by atoms with Gasteiger partial charge in [0, 0.05) is 16.3 Å². The van der Waals surface area contributed by atoms with Crippen LogP contribution in [0.3, 0.4) is 0 Å². The Bertz CT molecular complexity index is 1310. The number of ether oxygens (including phenoxy) is 2. The number of amides is 2. The van der Waals surface area contributed by atoms with Crippen LogP contribution in [0.15, 0.2) is 76.6 Å². The number of rotatable bonds is 7. The predicted molar refractivity (Wildman–Crippen MR) is 137 cm³/mol. The lowest BCUT2D eigenvalue weighted by atomic mass is 10.2. The van der Waals surface area contributed by atoms with Crippen molar-refractivity contribution in [2.45, 2.75) is 0 Å². The molecule has 1 heterocycles. The largest absolute Gasteiger partial charge is 0.508 e. The summed E-state index contributed by atoms with van der Waals surface area (Å²) in [7, 11) is 1.57. The van der Waals surface area contributed by atoms with Gasteiger partial charge >= 0.3 is 0 Å². The maximum absolute atomic E-state index is 12.5. The van der Waals surface area contributed by atoms with Gasteiger partial charge in [-0.3, -0.25) is 9.59 Å². The summed E-state index contributed by atoms with van der Waals surface area (Å²) in [6.45, 7) is -0.239. The highest BCUT2D eigenvalue weighted by Crippen LogP contribution is 2.32. The van der Waals surface area contributed by atoms with Crippen LogP contribution < -0.4 is 20.1 Å². The lowest BCUT2D eigenvalue weighted by Crippen LogP contribution is -2.20. The molecular formula is C25H20ClN3O5S. The molecule has 0 aliphatic carbocycles. The molecular weight excluding hydrogens is 490 g/mol. The van der Waals surface area contributed by atoms with Crippen molar-refractivity contribution in [3.05, 3.63) is 82.2 Å². The summed E-state index contributed by atoms with van der Waals surface area (Å²) >= 11 is 7.31. The normalized spacial score (nSPS) is 15.2. The van der Waals surface area contributed by atoms with Gasteiger partial charge in [0.2, 0.25) is 0 Å². The van der Waals surface area contributed by atoms with E-state index in [1.807, 2.05) is 0 Å². The second-order valence-electron chi connectivity index (χ2n) is 7.25. The zero-order valence-corrected chi connectivity index (χ0v) is 20.0. The first-order chi connectivity index (χ1) is 16.9. The first-order valence-corrected chi connectivity index (χ1v) is 11.5. The molecule has 1 aliphatic rings. The summed E-state index contributed by atoms with van der Waals surface area (Å²) in [5, 5.41) is 15.7. The Morgan fingerprint density at radius 1 is 1.14 bits per heavy atom. The average Bonchev–Trinajstić information content (AvgIpc) is 3.19. The second kappa shape index (κ2) is 11.0. The first-order valence-electron chi connectivity index (χ1n) is 10.3. The van der Waals surface area contributed by atoms with Crippen LogP contribution in [0.25, 0.3) is 6.08 Å². The number of anilines is 1. The molecule has 3 aromatic rings. The number of carbonyl (C=O) groups is 2. The van der Waals surface area contributed by atoms with Crippen molar-refractivity contribution in [3.63, 3.8) is 0 Å². The fourth-order valence-corrected chi connectivity index (χ4v) is 4.06. The van der Waals surface area contributed by atoms with E-state index >= 15 is 0 Å². The Kier molecular flexibility index (Phi) is 7.59. The Labute approximate surface area is 210 Å². The van der Waals surface area contributed by atoms with E-state index in [1.165, 1.54) is 12.1 Å². The van der Waals surface area contributed by atoms with E-state index < -0.39 is 0 Å². The third-order valence-electron chi connectivity index (χ3n) is 4.72. The predicted octanol–water partition coefficient (Wildman–Crippen LogP) is 4.96. The maximum atomic E-state index is 12.5. The van der Waals surface area contributed by atoms with Crippen molar-refractivity contribution in [3.8, 4) is 17.2 Å². The second-order valence-corrected chi connectivity index (χ2v) is 8.71. The van der Waals surface area contributed by atoms with Crippen molar-refractivity contribution < 1.29 is 24.2 Å². The van der Waals surface area contributed by atoms with Crippen molar-refractivity contribution >= 4 is 57.8 Å². The number of amidine groups is 1. The minimum Gasteiger partial charge on any atom is -0.508 e. The van der Waals surface area contributed by atoms with E-state index in [-0.39, 0.29) is 24.2 Å². The van der Waals surface area contributed by atoms with Crippen LogP contribution in [0.4, 0.5) is 11.4 Å². The molecule has 178 valence electrons. The fraction of sp³-hybridized carbons (Fsp3) is 0.0800. The van der Waals surface area contributed by atoms with E-state index in [0.29, 0.717) is 43.5 Å². The summed E-state index contributed by atoms with van der Waals surface area (Å²) in [6, 6.07) is 18.1. The van der Waals surface area contributed by atoms with Gasteiger partial charge in [0.15, 0.2) is 11.8 Å². The summed E-state index contributed by atoms with van der Waals surface area (Å²) in [6.07, 6.45) is 1.63. The Morgan fingerprint density at radius 2 is 1.89 bits per heavy atom. The molecule has 2 amide bonds. The molecule has 0 spiro atoms. The van der Waals surface area contributed by atoms with Gasteiger partial charge in [-0.1, -0.05) is 11.6 Å². The third-order valence-corrected chi connectivity index (χ3v) is 5.87. The van der Waals surface area contributed by atoms with Crippen LogP contribution in [-0.4, -0.2) is 35.8 Å². The number of hydrogen-bond acceptors (Lipinski definition) is 7. The van der Waals surface area contributed by atoms with Gasteiger partial charge in [-0.2, -0.15) is 0 Å². The highest BCUT2D eigenvalue weighted by molar-refractivity contribution is 8.18. The molecule has 1 saturated heterocycles. The molecule has 0 bridgehead atoms. The molecule has 0 aromatic heterocycles. The van der Waals surface area contributed by atoms with Crippen LogP contribution in [0, 0.1) is 0 Å². The number of methoxy groups -OCH3 is 1. The number of phenolic OH excluding ortho intramolecular Hbond substituents is 1. The van der Waals surface area contributed by atoms with Crippen LogP contribution in [0.2, 0.25) is 5.02 Å². The Balaban J connectivity index is 1.45. The number of thioether (sulfide) groups is 1. The summed E-state index contributed by atoms with van der Waals surface area (Å²) in [4.78, 5) is 29.6. The molecule has 10 heteroatoms. The monoisotopic (exact) mass is 509 g/mol. The number of hydrogen-bond donors (Lipinski definition) is 3. The van der Waals surface area contributed by atoms with Crippen LogP contribution in [-0.2, 0) is 9.59 Å². The van der Waals surface area contributed by atoms with Crippen LogP contribution >= 0.6 is 23.4 Å². The first kappa shape index (κ1) is 24.2. The standard InChI is InChI=1S/C25H20ClN3O5S/c1-33-20-9-5-17(6-10-20)27-23(31)14-34-21-11-2-16(26)12-15(21)13-22-24(32)29-25(35-22)28-18-3-7-19(30)8-4-18/h2-13,30H,14H2,1H3,(H,27,31)(H,28,29,32)/b22-13-. The Morgan fingerprint density at radius 3 is 2.60 bits per heavy atom. The molecule has 1 aliphatic heterocycles. The number of aromatic hydroxyl groups is 1. The van der Waals surface area contributed by atoms with E-state index in [4.69, 9.17) is 21.1 Å². The van der Waals surface area contributed by atoms with Crippen molar-refractivity contribution in [2.75, 3.05) is 19.0 Å². The quantitative estimate of drug-likeness (QED) is 0.388. The zero-order chi connectivity index (χ0) is 24.8. The van der Waals surface area contributed by atoms with Gasteiger partial charge < -0.3 is 25.2 Å². The van der Waals surface area contributed by atoms with Crippen molar-refractivity contribution in [1.29, 1.82) is 0 Å². The van der Waals surface area contributed by atoms with Gasteiger partial charge in [-0.15, -0.1) is 0 Å². The molecule has 3 aromatic carbocycles. The summed E-state index contributed by atoms with van der Waals surface area (Å²) in [5.74, 6) is 0.534. The molecule has 0 unspecified atom stereocenters. The molecule has 0 saturated carbocycles. The fourth-order valence-electron chi connectivity index (χ4n) is 3.04. The number of phenols is 1. The number of benzene rings is 3. The number of nitrogens with one attached hydrogen (secondary N) is 2. The molecule has 35 heavy (non-hydrogen) atoms. The highest BCUT2D eigenvalue weighted by Gasteiger charge is 2.24. The molecule has 0 atom stereocenters. The van der Waals surface area contributed by atoms with Crippen molar-refractivity contribution in [1.82, 2.24) is 5.32 Å². The molecule has 0 radical (unpaired) electrons. The van der Waals surface area contributed by atoms with E-state index in [2.05, 4.69) is 15.6 Å². The van der Waals surface area contributed by atoms with Gasteiger partial charge in [0.25, 0.3) is 11.8 Å². The van der Waals surface area contributed by atoms with Crippen LogP contribution in [0.5, 0.6) is 17.2 Å². The summed E-state index contributed by atoms with van der Waals surface area (Å²) < 4.78 is 10.8. The van der Waals surface area contributed by atoms with Crippen LogP contribution in [0.1, 0.15) is 5.56 Å². The van der Waals surface area contributed by atoms with Gasteiger partial charge in [-0.05, 0) is 84.6 Å². The Hall–Kier alpha value is -3.95. The van der Waals surface area contributed by atoms with E-state index in [9.17, 15) is 14.7 Å². The van der Waals surface area contributed by atoms with Gasteiger partial charge in [-0.25, -0.2) is 4.99 Å². The molecule has 3 N–H and O–H groups in total. The van der Waals surface area contributed by atoms with E-state index in [0.717, 1.165) is 11.8 Å². The molecule has 8 nitrogen and oxygen atoms in total.